The number of hydrogen-bond acceptors (Lipinski definition) is 5. The van der Waals surface area contributed by atoms with Crippen LogP contribution in [0.4, 0.5) is 0 Å². The Morgan fingerprint density at radius 2 is 2.00 bits per heavy atom. The van der Waals surface area contributed by atoms with Gasteiger partial charge in [-0.15, -0.1) is 0 Å². The lowest BCUT2D eigenvalue weighted by atomic mass is 9.99. The van der Waals surface area contributed by atoms with Crippen LogP contribution in [0.25, 0.3) is 22.1 Å². The van der Waals surface area contributed by atoms with Crippen LogP contribution in [0.15, 0.2) is 57.7 Å². The summed E-state index contributed by atoms with van der Waals surface area (Å²) in [6.45, 7) is 2.89. The normalized spacial score (nSPS) is 19.8. The Morgan fingerprint density at radius 3 is 2.81 bits per heavy atom. The third-order valence-electron chi connectivity index (χ3n) is 5.33. The molecule has 1 saturated heterocycles. The molecule has 0 spiro atoms. The van der Waals surface area contributed by atoms with Crippen molar-refractivity contribution in [2.75, 3.05) is 19.9 Å². The minimum absolute atomic E-state index is 0.261. The van der Waals surface area contributed by atoms with Crippen molar-refractivity contribution in [3.63, 3.8) is 0 Å². The zero-order valence-corrected chi connectivity index (χ0v) is 15.0. The lowest BCUT2D eigenvalue weighted by Gasteiger charge is -2.30. The predicted octanol–water partition coefficient (Wildman–Crippen LogP) is 3.79. The number of fused-ring (bicyclic) bond motifs is 3. The van der Waals surface area contributed by atoms with E-state index >= 15 is 0 Å². The molecule has 2 aliphatic rings. The average Bonchev–Trinajstić information content (AvgIpc) is 3.21. The second-order valence-corrected chi connectivity index (χ2v) is 7.18. The largest absolute Gasteiger partial charge is 0.478 e. The van der Waals surface area contributed by atoms with E-state index < -0.39 is 0 Å². The van der Waals surface area contributed by atoms with Gasteiger partial charge in [0.15, 0.2) is 0 Å². The van der Waals surface area contributed by atoms with Gasteiger partial charge in [0, 0.05) is 31.1 Å². The number of ether oxygens (including phenoxy) is 2. The van der Waals surface area contributed by atoms with Gasteiger partial charge in [-0.1, -0.05) is 30.3 Å². The summed E-state index contributed by atoms with van der Waals surface area (Å²) in [4.78, 5) is 14.5. The van der Waals surface area contributed by atoms with Gasteiger partial charge >= 0.3 is 5.63 Å². The topological polar surface area (TPSA) is 51.9 Å². The van der Waals surface area contributed by atoms with Crippen LogP contribution in [0.3, 0.4) is 0 Å². The molecule has 3 heterocycles. The van der Waals surface area contributed by atoms with Gasteiger partial charge in [-0.05, 0) is 36.1 Å². The lowest BCUT2D eigenvalue weighted by molar-refractivity contribution is 0.0281. The first-order valence-electron chi connectivity index (χ1n) is 9.40. The first-order chi connectivity index (χ1) is 13.3. The smallest absolute Gasteiger partial charge is 0.336 e. The maximum Gasteiger partial charge on any atom is 0.336 e. The van der Waals surface area contributed by atoms with Gasteiger partial charge in [0.25, 0.3) is 0 Å². The van der Waals surface area contributed by atoms with Gasteiger partial charge in [-0.25, -0.2) is 4.79 Å². The fourth-order valence-electron chi connectivity index (χ4n) is 4.03. The van der Waals surface area contributed by atoms with Crippen LogP contribution < -0.4 is 10.4 Å². The first kappa shape index (κ1) is 16.5. The molecular formula is C22H21NO4. The standard InChI is InChI=1S/C22H21NO4/c24-21-11-18(15-5-2-1-3-6-15)17-8-9-20-19(22(17)27-21)13-23(14-26-20)12-16-7-4-10-25-16/h1-3,5-6,8-9,11,16H,4,7,10,12-14H2/t16-/m0/s1. The van der Waals surface area contributed by atoms with Crippen molar-refractivity contribution in [2.24, 2.45) is 0 Å². The van der Waals surface area contributed by atoms with E-state index in [1.165, 1.54) is 0 Å². The molecule has 5 rings (SSSR count). The minimum atomic E-state index is -0.342. The molecule has 27 heavy (non-hydrogen) atoms. The van der Waals surface area contributed by atoms with Crippen LogP contribution in [0.1, 0.15) is 18.4 Å². The van der Waals surface area contributed by atoms with Crippen molar-refractivity contribution in [2.45, 2.75) is 25.5 Å². The fourth-order valence-corrected chi connectivity index (χ4v) is 4.03. The number of rotatable bonds is 3. The molecule has 3 aromatic rings. The van der Waals surface area contributed by atoms with Crippen LogP contribution in [0.2, 0.25) is 0 Å². The molecule has 0 aliphatic carbocycles. The van der Waals surface area contributed by atoms with E-state index in [0.29, 0.717) is 18.9 Å². The second-order valence-electron chi connectivity index (χ2n) is 7.18. The Bertz CT molecular complexity index is 1020. The summed E-state index contributed by atoms with van der Waals surface area (Å²) in [6.07, 6.45) is 2.47. The van der Waals surface area contributed by atoms with Crippen molar-refractivity contribution in [1.82, 2.24) is 4.90 Å². The Hall–Kier alpha value is -2.63. The van der Waals surface area contributed by atoms with E-state index in [0.717, 1.165) is 53.8 Å². The van der Waals surface area contributed by atoms with Crippen LogP contribution in [-0.2, 0) is 11.3 Å². The van der Waals surface area contributed by atoms with E-state index in [2.05, 4.69) is 4.90 Å². The van der Waals surface area contributed by atoms with Crippen LogP contribution in [-0.4, -0.2) is 30.9 Å². The molecule has 5 heteroatoms. The summed E-state index contributed by atoms with van der Waals surface area (Å²) in [6, 6.07) is 15.5. The lowest BCUT2D eigenvalue weighted by Crippen LogP contribution is -2.37. The van der Waals surface area contributed by atoms with Gasteiger partial charge in [0.2, 0.25) is 0 Å². The van der Waals surface area contributed by atoms with E-state index in [1.54, 1.807) is 6.07 Å². The predicted molar refractivity (Wildman–Crippen MR) is 103 cm³/mol. The van der Waals surface area contributed by atoms with E-state index in [1.807, 2.05) is 42.5 Å². The third-order valence-corrected chi connectivity index (χ3v) is 5.33. The van der Waals surface area contributed by atoms with Crippen LogP contribution in [0, 0.1) is 0 Å². The molecule has 0 bridgehead atoms. The van der Waals surface area contributed by atoms with Crippen LogP contribution in [0.5, 0.6) is 5.75 Å². The highest BCUT2D eigenvalue weighted by atomic mass is 16.5. The van der Waals surface area contributed by atoms with E-state index in [-0.39, 0.29) is 11.7 Å². The van der Waals surface area contributed by atoms with Crippen LogP contribution >= 0.6 is 0 Å². The van der Waals surface area contributed by atoms with E-state index in [9.17, 15) is 4.79 Å². The Kier molecular flexibility index (Phi) is 4.19. The molecule has 0 amide bonds. The Balaban J connectivity index is 1.57. The second kappa shape index (κ2) is 6.83. The number of hydrogen-bond donors (Lipinski definition) is 0. The third kappa shape index (κ3) is 3.13. The van der Waals surface area contributed by atoms with Gasteiger partial charge in [-0.2, -0.15) is 0 Å². The summed E-state index contributed by atoms with van der Waals surface area (Å²) in [7, 11) is 0. The zero-order chi connectivity index (χ0) is 18.2. The summed E-state index contributed by atoms with van der Waals surface area (Å²) in [5, 5.41) is 0.933. The minimum Gasteiger partial charge on any atom is -0.478 e. The zero-order valence-electron chi connectivity index (χ0n) is 15.0. The molecule has 0 unspecified atom stereocenters. The summed E-state index contributed by atoms with van der Waals surface area (Å²) in [5.74, 6) is 0.791. The van der Waals surface area contributed by atoms with Crippen molar-refractivity contribution in [3.05, 3.63) is 64.5 Å². The monoisotopic (exact) mass is 363 g/mol. The summed E-state index contributed by atoms with van der Waals surface area (Å²) in [5.41, 5.74) is 3.11. The van der Waals surface area contributed by atoms with Crippen molar-refractivity contribution in [3.8, 4) is 16.9 Å². The quantitative estimate of drug-likeness (QED) is 0.663. The van der Waals surface area contributed by atoms with E-state index in [4.69, 9.17) is 13.9 Å². The molecule has 1 atom stereocenters. The highest BCUT2D eigenvalue weighted by Crippen LogP contribution is 2.36. The molecule has 1 fully saturated rings. The highest BCUT2D eigenvalue weighted by molar-refractivity contribution is 5.95. The molecule has 2 aromatic carbocycles. The number of benzene rings is 2. The first-order valence-corrected chi connectivity index (χ1v) is 9.40. The summed E-state index contributed by atoms with van der Waals surface area (Å²) >= 11 is 0. The maximum atomic E-state index is 12.3. The fraction of sp³-hybridized carbons (Fsp3) is 0.318. The van der Waals surface area contributed by atoms with Crippen molar-refractivity contribution in [1.29, 1.82) is 0 Å². The summed E-state index contributed by atoms with van der Waals surface area (Å²) < 4.78 is 17.4. The van der Waals surface area contributed by atoms with Crippen molar-refractivity contribution >= 4 is 11.0 Å². The van der Waals surface area contributed by atoms with Gasteiger partial charge < -0.3 is 13.9 Å². The Labute approximate surface area is 157 Å². The molecule has 0 radical (unpaired) electrons. The van der Waals surface area contributed by atoms with Gasteiger partial charge in [0.05, 0.1) is 11.7 Å². The maximum absolute atomic E-state index is 12.3. The highest BCUT2D eigenvalue weighted by Gasteiger charge is 2.26. The number of nitrogens with zero attached hydrogens (tertiary/aromatic N) is 1. The molecule has 2 aliphatic heterocycles. The molecule has 5 nitrogen and oxygen atoms in total. The molecule has 1 aromatic heterocycles. The van der Waals surface area contributed by atoms with Crippen molar-refractivity contribution < 1.29 is 13.9 Å². The van der Waals surface area contributed by atoms with Gasteiger partial charge in [-0.3, -0.25) is 4.90 Å². The molecular weight excluding hydrogens is 342 g/mol. The molecule has 138 valence electrons. The Morgan fingerprint density at radius 1 is 1.11 bits per heavy atom. The molecule has 0 N–H and O–H groups in total. The average molecular weight is 363 g/mol. The molecule has 0 saturated carbocycles. The SMILES string of the molecule is O=c1cc(-c2ccccc2)c2ccc3c(c2o1)CN(C[C@@H]1CCCO1)CO3. The van der Waals surface area contributed by atoms with Gasteiger partial charge in [0.1, 0.15) is 18.1 Å².